The van der Waals surface area contributed by atoms with Crippen LogP contribution in [0.1, 0.15) is 152 Å². The van der Waals surface area contributed by atoms with Gasteiger partial charge in [0, 0.05) is 55.4 Å². The molecular formula is C51H66N2OS5. The van der Waals surface area contributed by atoms with Crippen LogP contribution in [-0.4, -0.2) is 15.4 Å². The summed E-state index contributed by atoms with van der Waals surface area (Å²) >= 11 is 9.30. The first kappa shape index (κ1) is 44.4. The fourth-order valence-electron chi connectivity index (χ4n) is 9.06. The van der Waals surface area contributed by atoms with Crippen molar-refractivity contribution in [2.45, 2.75) is 158 Å². The van der Waals surface area contributed by atoms with Gasteiger partial charge in [0.1, 0.15) is 16.8 Å². The van der Waals surface area contributed by atoms with Gasteiger partial charge in [0.05, 0.1) is 18.3 Å². The molecule has 8 heteroatoms. The summed E-state index contributed by atoms with van der Waals surface area (Å²) in [7, 11) is 0. The van der Waals surface area contributed by atoms with E-state index in [-0.39, 0.29) is 0 Å². The highest BCUT2D eigenvalue weighted by Crippen LogP contribution is 2.51. The van der Waals surface area contributed by atoms with E-state index in [1.54, 1.807) is 15.8 Å². The van der Waals surface area contributed by atoms with Gasteiger partial charge in [-0.2, -0.15) is 8.75 Å². The third-order valence-electron chi connectivity index (χ3n) is 12.7. The monoisotopic (exact) mass is 882 g/mol. The Bertz CT molecular complexity index is 2370. The molecule has 5 aromatic heterocycles. The molecule has 2 atom stereocenters. The number of fused-ring (bicyclic) bond motifs is 3. The highest BCUT2D eigenvalue weighted by Gasteiger charge is 2.26. The Hall–Kier alpha value is -2.62. The normalized spacial score (nSPS) is 13.1. The Morgan fingerprint density at radius 2 is 1.08 bits per heavy atom. The van der Waals surface area contributed by atoms with Crippen molar-refractivity contribution in [3.63, 3.8) is 0 Å². The summed E-state index contributed by atoms with van der Waals surface area (Å²) in [4.78, 5) is 8.24. The van der Waals surface area contributed by atoms with Crippen molar-refractivity contribution >= 4 is 88.3 Å². The van der Waals surface area contributed by atoms with E-state index in [9.17, 15) is 0 Å². The zero-order valence-electron chi connectivity index (χ0n) is 37.0. The van der Waals surface area contributed by atoms with Gasteiger partial charge in [-0.25, -0.2) is 0 Å². The molecule has 0 spiro atoms. The number of thiophene rings is 4. The number of benzene rings is 2. The lowest BCUT2D eigenvalue weighted by Gasteiger charge is -2.20. The SMILES string of the molecule is CCCCCCCCOc1c(C)c(-c2ccc(-c3cc4c(CC(CC)CCCC)c5sc(-c6ccc(C)s6)cc5c(CC(CC)CCCC)c4s3)s2)c2nsnc2c1C. The minimum absolute atomic E-state index is 0.697. The lowest BCUT2D eigenvalue weighted by atomic mass is 9.86. The molecule has 5 heterocycles. The van der Waals surface area contributed by atoms with E-state index in [0.29, 0.717) is 11.8 Å². The Kier molecular flexibility index (Phi) is 15.8. The number of hydrogen-bond donors (Lipinski definition) is 0. The van der Waals surface area contributed by atoms with E-state index >= 15 is 0 Å². The minimum atomic E-state index is 0.697. The van der Waals surface area contributed by atoms with Gasteiger partial charge < -0.3 is 4.74 Å². The molecule has 0 saturated heterocycles. The smallest absolute Gasteiger partial charge is 0.128 e. The highest BCUT2D eigenvalue weighted by molar-refractivity contribution is 7.28. The van der Waals surface area contributed by atoms with Crippen LogP contribution in [0.4, 0.5) is 0 Å². The number of rotatable bonds is 23. The third kappa shape index (κ3) is 9.88. The minimum Gasteiger partial charge on any atom is -0.493 e. The van der Waals surface area contributed by atoms with Gasteiger partial charge in [-0.1, -0.05) is 118 Å². The van der Waals surface area contributed by atoms with Crippen LogP contribution in [0.25, 0.3) is 61.2 Å². The Morgan fingerprint density at radius 1 is 0.542 bits per heavy atom. The second-order valence-electron chi connectivity index (χ2n) is 17.0. The molecule has 0 aliphatic heterocycles. The van der Waals surface area contributed by atoms with E-state index < -0.39 is 0 Å². The summed E-state index contributed by atoms with van der Waals surface area (Å²) in [5, 5.41) is 3.04. The van der Waals surface area contributed by atoms with Crippen molar-refractivity contribution in [2.24, 2.45) is 11.8 Å². The van der Waals surface area contributed by atoms with Gasteiger partial charge >= 0.3 is 0 Å². The molecule has 3 nitrogen and oxygen atoms in total. The lowest BCUT2D eigenvalue weighted by molar-refractivity contribution is 0.301. The van der Waals surface area contributed by atoms with Crippen LogP contribution in [0.2, 0.25) is 0 Å². The molecule has 0 aliphatic rings. The molecule has 0 aliphatic carbocycles. The Morgan fingerprint density at radius 3 is 1.66 bits per heavy atom. The summed E-state index contributed by atoms with van der Waals surface area (Å²) in [5.41, 5.74) is 8.70. The molecule has 0 N–H and O–H groups in total. The molecule has 0 radical (unpaired) electrons. The predicted octanol–water partition coefficient (Wildman–Crippen LogP) is 18.4. The number of aromatic nitrogens is 2. The van der Waals surface area contributed by atoms with Gasteiger partial charge in [0.25, 0.3) is 0 Å². The van der Waals surface area contributed by atoms with Crippen molar-refractivity contribution in [3.8, 4) is 35.7 Å². The fourth-order valence-corrected chi connectivity index (χ4v) is 14.3. The molecule has 316 valence electrons. The van der Waals surface area contributed by atoms with E-state index in [0.717, 1.165) is 48.2 Å². The van der Waals surface area contributed by atoms with Crippen LogP contribution in [-0.2, 0) is 12.8 Å². The zero-order chi connectivity index (χ0) is 41.5. The van der Waals surface area contributed by atoms with Crippen LogP contribution in [0.15, 0.2) is 36.4 Å². The van der Waals surface area contributed by atoms with Crippen LogP contribution in [0.5, 0.6) is 5.75 Å². The number of nitrogens with zero attached hydrogens (tertiary/aromatic N) is 2. The van der Waals surface area contributed by atoms with E-state index in [4.69, 9.17) is 13.5 Å². The molecule has 59 heavy (non-hydrogen) atoms. The number of unbranched alkanes of at least 4 members (excludes halogenated alkanes) is 7. The summed E-state index contributed by atoms with van der Waals surface area (Å²) in [5.74, 6) is 2.39. The van der Waals surface area contributed by atoms with E-state index in [2.05, 4.69) is 114 Å². The topological polar surface area (TPSA) is 35.0 Å². The first-order chi connectivity index (χ1) is 28.8. The first-order valence-corrected chi connectivity index (χ1v) is 26.9. The van der Waals surface area contributed by atoms with Crippen LogP contribution in [0.3, 0.4) is 0 Å². The summed E-state index contributed by atoms with van der Waals surface area (Å²) in [6, 6.07) is 14.5. The summed E-state index contributed by atoms with van der Waals surface area (Å²) < 4.78 is 19.4. The van der Waals surface area contributed by atoms with E-state index in [1.807, 2.05) is 22.7 Å². The third-order valence-corrected chi connectivity index (χ3v) is 18.1. The van der Waals surface area contributed by atoms with E-state index in [1.165, 1.54) is 151 Å². The van der Waals surface area contributed by atoms with Crippen molar-refractivity contribution in [3.05, 3.63) is 63.5 Å². The molecule has 7 rings (SSSR count). The molecule has 2 aromatic carbocycles. The summed E-state index contributed by atoms with van der Waals surface area (Å²) in [6.07, 6.45) is 20.1. The average Bonchev–Trinajstić information content (AvgIpc) is 4.10. The molecule has 0 saturated carbocycles. The van der Waals surface area contributed by atoms with Crippen molar-refractivity contribution in [2.75, 3.05) is 6.61 Å². The molecular weight excluding hydrogens is 817 g/mol. The quantitative estimate of drug-likeness (QED) is 0.0601. The average molecular weight is 883 g/mol. The fraction of sp³-hybridized carbons (Fsp3) is 0.529. The molecule has 0 fully saturated rings. The van der Waals surface area contributed by atoms with Crippen molar-refractivity contribution in [1.29, 1.82) is 0 Å². The Labute approximate surface area is 375 Å². The van der Waals surface area contributed by atoms with Crippen molar-refractivity contribution in [1.82, 2.24) is 8.75 Å². The Balaban J connectivity index is 1.33. The number of hydrogen-bond acceptors (Lipinski definition) is 8. The number of ether oxygens (including phenoxy) is 1. The second-order valence-corrected chi connectivity index (χ2v) is 22.0. The van der Waals surface area contributed by atoms with Gasteiger partial charge in [-0.3, -0.25) is 0 Å². The highest BCUT2D eigenvalue weighted by atomic mass is 32.1. The largest absolute Gasteiger partial charge is 0.493 e. The van der Waals surface area contributed by atoms with Crippen LogP contribution >= 0.6 is 57.1 Å². The maximum atomic E-state index is 6.61. The zero-order valence-corrected chi connectivity index (χ0v) is 41.1. The second kappa shape index (κ2) is 21.0. The van der Waals surface area contributed by atoms with Crippen LogP contribution < -0.4 is 4.74 Å². The van der Waals surface area contributed by atoms with Crippen LogP contribution in [0, 0.1) is 32.6 Å². The van der Waals surface area contributed by atoms with Gasteiger partial charge in [-0.15, -0.1) is 45.3 Å². The molecule has 0 bridgehead atoms. The first-order valence-electron chi connectivity index (χ1n) is 22.9. The predicted molar refractivity (Wildman–Crippen MR) is 267 cm³/mol. The molecule has 7 aromatic rings. The number of aryl methyl sites for hydroxylation is 2. The maximum absolute atomic E-state index is 6.61. The molecule has 0 amide bonds. The van der Waals surface area contributed by atoms with Gasteiger partial charge in [0.15, 0.2) is 0 Å². The summed E-state index contributed by atoms with van der Waals surface area (Å²) in [6.45, 7) is 19.2. The maximum Gasteiger partial charge on any atom is 0.128 e. The molecule has 2 unspecified atom stereocenters. The van der Waals surface area contributed by atoms with Gasteiger partial charge in [0.2, 0.25) is 0 Å². The standard InChI is InChI=1S/C51H66N2OS5/c1-9-14-17-18-19-20-27-54-49-33(7)46(48-47(34(49)8)52-59-53-48)43-26-25-42(56-43)45-31-40-38(29-36(13-5)22-16-11-3)50-39(30-44(57-50)41-24-23-32(6)55-41)37(51(40)58-45)28-35(12-4)21-15-10-2/h23-26,30-31,35-36H,9-22,27-29H2,1-8H3. The van der Waals surface area contributed by atoms with Crippen molar-refractivity contribution < 1.29 is 4.74 Å². The lowest BCUT2D eigenvalue weighted by Crippen LogP contribution is -2.06. The van der Waals surface area contributed by atoms with Gasteiger partial charge in [-0.05, 0) is 110 Å².